The van der Waals surface area contributed by atoms with Gasteiger partial charge in [0.1, 0.15) is 23.6 Å². The van der Waals surface area contributed by atoms with E-state index in [0.717, 1.165) is 18.2 Å². The molecule has 0 bridgehead atoms. The third kappa shape index (κ3) is 2.60. The fourth-order valence-corrected chi connectivity index (χ4v) is 2.03. The molecule has 100 valence electrons. The molecule has 0 amide bonds. The normalized spacial score (nSPS) is 12.5. The van der Waals surface area contributed by atoms with E-state index < -0.39 is 29.1 Å². The number of aliphatic hydroxyl groups is 1. The Kier molecular flexibility index (Phi) is 3.83. The molecule has 2 aromatic rings. The zero-order chi connectivity index (χ0) is 14.2. The fraction of sp³-hybridized carbons (Fsp3) is 0.143. The average Bonchev–Trinajstić information content (AvgIpc) is 2.37. The Morgan fingerprint density at radius 1 is 1.11 bits per heavy atom. The summed E-state index contributed by atoms with van der Waals surface area (Å²) < 4.78 is 40.7. The molecule has 2 rings (SSSR count). The van der Waals surface area contributed by atoms with Gasteiger partial charge in [-0.2, -0.15) is 0 Å². The first-order valence-electron chi connectivity index (χ1n) is 5.49. The van der Waals surface area contributed by atoms with Gasteiger partial charge in [-0.1, -0.05) is 17.7 Å². The van der Waals surface area contributed by atoms with Crippen LogP contribution in [0.4, 0.5) is 13.2 Å². The number of aryl methyl sites for hydroxylation is 1. The number of hydrogen-bond acceptors (Lipinski definition) is 1. The van der Waals surface area contributed by atoms with Crippen molar-refractivity contribution in [1.29, 1.82) is 0 Å². The van der Waals surface area contributed by atoms with Gasteiger partial charge in [0, 0.05) is 10.6 Å². The molecule has 1 nitrogen and oxygen atoms in total. The van der Waals surface area contributed by atoms with E-state index in [-0.39, 0.29) is 16.1 Å². The molecule has 0 aliphatic heterocycles. The molecule has 0 aliphatic rings. The summed E-state index contributed by atoms with van der Waals surface area (Å²) in [4.78, 5) is 0. The van der Waals surface area contributed by atoms with Gasteiger partial charge in [-0.05, 0) is 36.8 Å². The van der Waals surface area contributed by atoms with Gasteiger partial charge in [-0.15, -0.1) is 0 Å². The second-order valence-corrected chi connectivity index (χ2v) is 4.57. The van der Waals surface area contributed by atoms with Crippen molar-refractivity contribution >= 4 is 11.6 Å². The van der Waals surface area contributed by atoms with Crippen LogP contribution in [0, 0.1) is 24.4 Å². The van der Waals surface area contributed by atoms with E-state index in [1.807, 2.05) is 0 Å². The van der Waals surface area contributed by atoms with Gasteiger partial charge in [0.05, 0.1) is 5.56 Å². The molecule has 1 N–H and O–H groups in total. The van der Waals surface area contributed by atoms with Crippen LogP contribution < -0.4 is 0 Å². The molecule has 5 heteroatoms. The first-order chi connectivity index (χ1) is 8.91. The molecule has 0 saturated carbocycles. The smallest absolute Gasteiger partial charge is 0.135 e. The van der Waals surface area contributed by atoms with E-state index >= 15 is 0 Å². The van der Waals surface area contributed by atoms with Crippen molar-refractivity contribution in [2.24, 2.45) is 0 Å². The fourth-order valence-electron chi connectivity index (χ4n) is 1.81. The Morgan fingerprint density at radius 2 is 1.79 bits per heavy atom. The predicted molar refractivity (Wildman–Crippen MR) is 66.6 cm³/mol. The Bertz CT molecular complexity index is 628. The quantitative estimate of drug-likeness (QED) is 0.879. The Hall–Kier alpha value is -1.52. The number of halogens is 4. The highest BCUT2D eigenvalue weighted by atomic mass is 35.5. The SMILES string of the molecule is Cc1ccc(F)c(C(O)c2cc(F)ccc2Cl)c1F. The second-order valence-electron chi connectivity index (χ2n) is 4.16. The largest absolute Gasteiger partial charge is 0.383 e. The first-order valence-corrected chi connectivity index (χ1v) is 5.87. The van der Waals surface area contributed by atoms with Gasteiger partial charge in [-0.25, -0.2) is 13.2 Å². The minimum Gasteiger partial charge on any atom is -0.383 e. The lowest BCUT2D eigenvalue weighted by molar-refractivity contribution is 0.208. The summed E-state index contributed by atoms with van der Waals surface area (Å²) >= 11 is 5.81. The molecule has 0 heterocycles. The predicted octanol–water partition coefficient (Wildman–Crippen LogP) is 4.15. The van der Waals surface area contributed by atoms with Crippen LogP contribution in [0.3, 0.4) is 0 Å². The van der Waals surface area contributed by atoms with E-state index in [1.54, 1.807) is 0 Å². The summed E-state index contributed by atoms with van der Waals surface area (Å²) in [5.74, 6) is -2.42. The molecule has 0 saturated heterocycles. The highest BCUT2D eigenvalue weighted by Gasteiger charge is 2.23. The topological polar surface area (TPSA) is 20.2 Å². The lowest BCUT2D eigenvalue weighted by Crippen LogP contribution is -2.08. The Morgan fingerprint density at radius 3 is 2.47 bits per heavy atom. The number of rotatable bonds is 2. The molecule has 19 heavy (non-hydrogen) atoms. The molecular weight excluding hydrogens is 277 g/mol. The molecule has 1 atom stereocenters. The summed E-state index contributed by atoms with van der Waals surface area (Å²) in [6, 6.07) is 5.58. The standard InChI is InChI=1S/C14H10ClF3O/c1-7-2-5-11(17)12(13(7)18)14(19)9-6-8(16)3-4-10(9)15/h2-6,14,19H,1H3. The van der Waals surface area contributed by atoms with E-state index in [1.165, 1.54) is 19.1 Å². The van der Waals surface area contributed by atoms with Gasteiger partial charge in [0.2, 0.25) is 0 Å². The van der Waals surface area contributed by atoms with Gasteiger partial charge >= 0.3 is 0 Å². The van der Waals surface area contributed by atoms with Crippen molar-refractivity contribution in [2.75, 3.05) is 0 Å². The van der Waals surface area contributed by atoms with Crippen LogP contribution in [0.25, 0.3) is 0 Å². The van der Waals surface area contributed by atoms with Gasteiger partial charge < -0.3 is 5.11 Å². The van der Waals surface area contributed by atoms with E-state index in [9.17, 15) is 18.3 Å². The lowest BCUT2D eigenvalue weighted by atomic mass is 9.98. The minimum absolute atomic E-state index is 0.0363. The van der Waals surface area contributed by atoms with E-state index in [2.05, 4.69) is 0 Å². The van der Waals surface area contributed by atoms with E-state index in [4.69, 9.17) is 11.6 Å². The van der Waals surface area contributed by atoms with Gasteiger partial charge in [-0.3, -0.25) is 0 Å². The van der Waals surface area contributed by atoms with Gasteiger partial charge in [0.25, 0.3) is 0 Å². The summed E-state index contributed by atoms with van der Waals surface area (Å²) in [6.07, 6.45) is -1.66. The molecule has 0 fully saturated rings. The molecule has 0 aromatic heterocycles. The van der Waals surface area contributed by atoms with Crippen molar-refractivity contribution in [2.45, 2.75) is 13.0 Å². The van der Waals surface area contributed by atoms with Crippen molar-refractivity contribution in [3.8, 4) is 0 Å². The second kappa shape index (κ2) is 5.23. The summed E-state index contributed by atoms with van der Waals surface area (Å²) in [7, 11) is 0. The number of aliphatic hydroxyl groups excluding tert-OH is 1. The maximum absolute atomic E-state index is 13.9. The number of hydrogen-bond donors (Lipinski definition) is 1. The molecular formula is C14H10ClF3O. The molecule has 2 aromatic carbocycles. The number of benzene rings is 2. The van der Waals surface area contributed by atoms with Crippen LogP contribution in [-0.2, 0) is 0 Å². The molecule has 1 unspecified atom stereocenters. The molecule has 0 spiro atoms. The van der Waals surface area contributed by atoms with Crippen LogP contribution in [0.1, 0.15) is 22.8 Å². The highest BCUT2D eigenvalue weighted by Crippen LogP contribution is 2.32. The monoisotopic (exact) mass is 286 g/mol. The summed E-state index contributed by atoms with van der Waals surface area (Å²) in [6.45, 7) is 1.44. The third-order valence-electron chi connectivity index (χ3n) is 2.85. The maximum Gasteiger partial charge on any atom is 0.135 e. The molecule has 0 radical (unpaired) electrons. The van der Waals surface area contributed by atoms with Crippen LogP contribution in [0.15, 0.2) is 30.3 Å². The van der Waals surface area contributed by atoms with Crippen molar-refractivity contribution in [3.05, 3.63) is 69.5 Å². The minimum atomic E-state index is -1.66. The maximum atomic E-state index is 13.9. The van der Waals surface area contributed by atoms with Gasteiger partial charge in [0.15, 0.2) is 0 Å². The van der Waals surface area contributed by atoms with Crippen molar-refractivity contribution in [3.63, 3.8) is 0 Å². The Labute approximate surface area is 113 Å². The average molecular weight is 287 g/mol. The van der Waals surface area contributed by atoms with E-state index in [0.29, 0.717) is 0 Å². The highest BCUT2D eigenvalue weighted by molar-refractivity contribution is 6.31. The third-order valence-corrected chi connectivity index (χ3v) is 3.19. The molecule has 0 aliphatic carbocycles. The summed E-state index contributed by atoms with van der Waals surface area (Å²) in [5, 5.41) is 10.1. The van der Waals surface area contributed by atoms with Crippen LogP contribution in [0.2, 0.25) is 5.02 Å². The first kappa shape index (κ1) is 13.9. The Balaban J connectivity index is 2.59. The lowest BCUT2D eigenvalue weighted by Gasteiger charge is -2.16. The van der Waals surface area contributed by atoms with Crippen molar-refractivity contribution < 1.29 is 18.3 Å². The zero-order valence-corrected chi connectivity index (χ0v) is 10.7. The summed E-state index contributed by atoms with van der Waals surface area (Å²) in [5.41, 5.74) is -0.430. The zero-order valence-electron chi connectivity index (χ0n) is 9.92. The van der Waals surface area contributed by atoms with Crippen molar-refractivity contribution in [1.82, 2.24) is 0 Å². The van der Waals surface area contributed by atoms with Crippen LogP contribution >= 0.6 is 11.6 Å². The van der Waals surface area contributed by atoms with Crippen LogP contribution in [0.5, 0.6) is 0 Å². The van der Waals surface area contributed by atoms with Crippen LogP contribution in [-0.4, -0.2) is 5.11 Å².